The van der Waals surface area contributed by atoms with Gasteiger partial charge in [0.05, 0.1) is 11.4 Å². The Bertz CT molecular complexity index is 1330. The van der Waals surface area contributed by atoms with Crippen molar-refractivity contribution >= 4 is 57.2 Å². The molecule has 1 aromatic heterocycles. The number of hydrogen-bond acceptors (Lipinski definition) is 5. The molecule has 4 nitrogen and oxygen atoms in total. The first-order valence-corrected chi connectivity index (χ1v) is 14.2. The average molecular weight is 537 g/mol. The number of Topliss-reactive ketones (excluding diaryl/α,β-unsaturated/α-hetero) is 1. The van der Waals surface area contributed by atoms with Crippen LogP contribution in [0.2, 0.25) is 5.02 Å². The molecule has 4 aromatic rings. The number of thioether (sulfide) groups is 1. The van der Waals surface area contributed by atoms with E-state index >= 15 is 0 Å². The number of fused-ring (bicyclic) bond motifs is 1. The standard InChI is InChI=1S/C29H29ClN2O2S2/c1-32(18-22-10-6-9-21-7-2-4-11-26(21)22)19-25-13-14-28(36-25)29(34)31-17-24(33)15-16-35-20-23-8-3-5-12-27(23)30/h2-14H,15-20H2,1H3,(H,31,34). The lowest BCUT2D eigenvalue weighted by atomic mass is 10.0. The van der Waals surface area contributed by atoms with Gasteiger partial charge in [-0.2, -0.15) is 11.8 Å². The molecule has 3 aromatic carbocycles. The molecule has 0 fully saturated rings. The van der Waals surface area contributed by atoms with Crippen LogP contribution in [0.3, 0.4) is 0 Å². The topological polar surface area (TPSA) is 49.4 Å². The lowest BCUT2D eigenvalue weighted by molar-refractivity contribution is -0.117. The molecule has 4 rings (SSSR count). The second-order valence-electron chi connectivity index (χ2n) is 8.69. The van der Waals surface area contributed by atoms with E-state index in [0.717, 1.165) is 34.3 Å². The molecule has 7 heteroatoms. The molecule has 0 atom stereocenters. The van der Waals surface area contributed by atoms with Crippen molar-refractivity contribution in [1.29, 1.82) is 0 Å². The van der Waals surface area contributed by atoms with E-state index in [1.54, 1.807) is 11.8 Å². The second-order valence-corrected chi connectivity index (χ2v) is 11.4. The van der Waals surface area contributed by atoms with Gasteiger partial charge in [0.25, 0.3) is 5.91 Å². The molecule has 1 N–H and O–H groups in total. The third-order valence-electron chi connectivity index (χ3n) is 5.82. The number of halogens is 1. The third kappa shape index (κ3) is 7.43. The Hall–Kier alpha value is -2.64. The van der Waals surface area contributed by atoms with Crippen LogP contribution in [0, 0.1) is 0 Å². The predicted molar refractivity (Wildman–Crippen MR) is 153 cm³/mol. The van der Waals surface area contributed by atoms with Gasteiger partial charge in [-0.25, -0.2) is 0 Å². The minimum Gasteiger partial charge on any atom is -0.344 e. The number of carbonyl (C=O) groups excluding carboxylic acids is 2. The fourth-order valence-corrected chi connectivity index (χ4v) is 6.24. The number of carbonyl (C=O) groups is 2. The highest BCUT2D eigenvalue weighted by Gasteiger charge is 2.13. The van der Waals surface area contributed by atoms with Crippen molar-refractivity contribution in [3.8, 4) is 0 Å². The maximum atomic E-state index is 12.6. The highest BCUT2D eigenvalue weighted by atomic mass is 35.5. The zero-order valence-corrected chi connectivity index (χ0v) is 22.6. The van der Waals surface area contributed by atoms with E-state index in [0.29, 0.717) is 17.1 Å². The molecular formula is C29H29ClN2O2S2. The van der Waals surface area contributed by atoms with Crippen LogP contribution in [-0.2, 0) is 23.6 Å². The fourth-order valence-electron chi connectivity index (χ4n) is 3.97. The number of benzene rings is 3. The Labute approximate surface area is 225 Å². The molecule has 186 valence electrons. The van der Waals surface area contributed by atoms with Gasteiger partial charge >= 0.3 is 0 Å². The van der Waals surface area contributed by atoms with Crippen molar-refractivity contribution in [1.82, 2.24) is 10.2 Å². The summed E-state index contributed by atoms with van der Waals surface area (Å²) in [4.78, 5) is 28.8. The highest BCUT2D eigenvalue weighted by Crippen LogP contribution is 2.23. The summed E-state index contributed by atoms with van der Waals surface area (Å²) in [5, 5.41) is 6.03. The first-order valence-electron chi connectivity index (χ1n) is 11.8. The number of ketones is 1. The number of hydrogen-bond donors (Lipinski definition) is 1. The summed E-state index contributed by atoms with van der Waals surface area (Å²) < 4.78 is 0. The van der Waals surface area contributed by atoms with E-state index in [1.165, 1.54) is 27.7 Å². The van der Waals surface area contributed by atoms with Crippen LogP contribution in [0.5, 0.6) is 0 Å². The monoisotopic (exact) mass is 536 g/mol. The molecule has 0 aliphatic carbocycles. The van der Waals surface area contributed by atoms with Crippen LogP contribution in [0.15, 0.2) is 78.9 Å². The van der Waals surface area contributed by atoms with Crippen molar-refractivity contribution in [2.24, 2.45) is 0 Å². The van der Waals surface area contributed by atoms with Gasteiger partial charge in [0, 0.05) is 40.9 Å². The van der Waals surface area contributed by atoms with Gasteiger partial charge in [-0.15, -0.1) is 11.3 Å². The largest absolute Gasteiger partial charge is 0.344 e. The average Bonchev–Trinajstić information content (AvgIpc) is 3.35. The molecular weight excluding hydrogens is 508 g/mol. The fraction of sp³-hybridized carbons (Fsp3) is 0.241. The Morgan fingerprint density at radius 1 is 0.917 bits per heavy atom. The minimum atomic E-state index is -0.194. The van der Waals surface area contributed by atoms with Crippen LogP contribution < -0.4 is 5.32 Å². The van der Waals surface area contributed by atoms with E-state index in [4.69, 9.17) is 11.6 Å². The smallest absolute Gasteiger partial charge is 0.261 e. The first kappa shape index (κ1) is 26.4. The lowest BCUT2D eigenvalue weighted by Crippen LogP contribution is -2.29. The normalized spacial score (nSPS) is 11.2. The summed E-state index contributed by atoms with van der Waals surface area (Å²) >= 11 is 9.31. The van der Waals surface area contributed by atoms with Gasteiger partial charge in [-0.3, -0.25) is 14.5 Å². The third-order valence-corrected chi connectivity index (χ3v) is 8.26. The Balaban J connectivity index is 1.19. The van der Waals surface area contributed by atoms with Crippen molar-refractivity contribution in [3.63, 3.8) is 0 Å². The number of thiophene rings is 1. The summed E-state index contributed by atoms with van der Waals surface area (Å²) in [5.41, 5.74) is 2.36. The Morgan fingerprint density at radius 3 is 2.53 bits per heavy atom. The summed E-state index contributed by atoms with van der Waals surface area (Å²) in [7, 11) is 2.09. The van der Waals surface area contributed by atoms with Crippen LogP contribution in [0.4, 0.5) is 0 Å². The van der Waals surface area contributed by atoms with Crippen LogP contribution >= 0.6 is 34.7 Å². The molecule has 0 radical (unpaired) electrons. The van der Waals surface area contributed by atoms with Gasteiger partial charge in [-0.1, -0.05) is 72.3 Å². The van der Waals surface area contributed by atoms with E-state index in [2.05, 4.69) is 59.7 Å². The van der Waals surface area contributed by atoms with Crippen molar-refractivity contribution < 1.29 is 9.59 Å². The predicted octanol–water partition coefficient (Wildman–Crippen LogP) is 6.81. The first-order chi connectivity index (χ1) is 17.5. The SMILES string of the molecule is CN(Cc1ccc(C(=O)NCC(=O)CCSCc2ccccc2Cl)s1)Cc1cccc2ccccc12. The molecule has 36 heavy (non-hydrogen) atoms. The quantitative estimate of drug-likeness (QED) is 0.202. The van der Waals surface area contributed by atoms with Gasteiger partial charge < -0.3 is 5.32 Å². The number of nitrogens with one attached hydrogen (secondary N) is 1. The van der Waals surface area contributed by atoms with Crippen molar-refractivity contribution in [2.75, 3.05) is 19.3 Å². The zero-order valence-electron chi connectivity index (χ0n) is 20.2. The molecule has 0 spiro atoms. The number of rotatable bonds is 12. The van der Waals surface area contributed by atoms with Crippen LogP contribution in [-0.4, -0.2) is 35.9 Å². The molecule has 1 heterocycles. The van der Waals surface area contributed by atoms with Gasteiger partial charge in [0.15, 0.2) is 5.78 Å². The molecule has 0 saturated carbocycles. The number of amides is 1. The summed E-state index contributed by atoms with van der Waals surface area (Å²) in [6, 6.07) is 26.4. The zero-order chi connectivity index (χ0) is 25.3. The van der Waals surface area contributed by atoms with E-state index < -0.39 is 0 Å². The number of nitrogens with zero attached hydrogens (tertiary/aromatic N) is 1. The molecule has 0 bridgehead atoms. The minimum absolute atomic E-state index is 0.0293. The van der Waals surface area contributed by atoms with Gasteiger partial charge in [-0.05, 0) is 47.1 Å². The maximum absolute atomic E-state index is 12.6. The second kappa shape index (κ2) is 13.1. The lowest BCUT2D eigenvalue weighted by Gasteiger charge is -2.17. The molecule has 1 amide bonds. The summed E-state index contributed by atoms with van der Waals surface area (Å²) in [5.74, 6) is 1.31. The summed E-state index contributed by atoms with van der Waals surface area (Å²) in [6.07, 6.45) is 0.421. The molecule has 0 saturated heterocycles. The highest BCUT2D eigenvalue weighted by molar-refractivity contribution is 7.98. The molecule has 0 aliphatic heterocycles. The van der Waals surface area contributed by atoms with Crippen LogP contribution in [0.25, 0.3) is 10.8 Å². The van der Waals surface area contributed by atoms with E-state index in [9.17, 15) is 9.59 Å². The van der Waals surface area contributed by atoms with E-state index in [1.807, 2.05) is 36.4 Å². The summed E-state index contributed by atoms with van der Waals surface area (Å²) in [6.45, 7) is 1.63. The van der Waals surface area contributed by atoms with Gasteiger partial charge in [0.1, 0.15) is 0 Å². The van der Waals surface area contributed by atoms with Crippen molar-refractivity contribution in [3.05, 3.63) is 105 Å². The maximum Gasteiger partial charge on any atom is 0.261 e. The van der Waals surface area contributed by atoms with Crippen molar-refractivity contribution in [2.45, 2.75) is 25.3 Å². The van der Waals surface area contributed by atoms with Gasteiger partial charge in [0.2, 0.25) is 0 Å². The Morgan fingerprint density at radius 2 is 1.67 bits per heavy atom. The van der Waals surface area contributed by atoms with Crippen LogP contribution in [0.1, 0.15) is 32.1 Å². The molecule has 0 aliphatic rings. The Kier molecular flexibility index (Phi) is 9.59. The van der Waals surface area contributed by atoms with E-state index in [-0.39, 0.29) is 18.2 Å². The molecule has 0 unspecified atom stereocenters.